The summed E-state index contributed by atoms with van der Waals surface area (Å²) in [6.45, 7) is 3.43. The molecule has 1 amide bonds. The van der Waals surface area contributed by atoms with E-state index in [4.69, 9.17) is 4.74 Å². The zero-order valence-corrected chi connectivity index (χ0v) is 13.9. The molecule has 0 radical (unpaired) electrons. The number of aromatic nitrogens is 3. The van der Waals surface area contributed by atoms with Crippen molar-refractivity contribution in [3.63, 3.8) is 0 Å². The van der Waals surface area contributed by atoms with Crippen LogP contribution in [0.25, 0.3) is 0 Å². The van der Waals surface area contributed by atoms with Crippen LogP contribution in [0.15, 0.2) is 30.6 Å². The molecule has 0 spiro atoms. The lowest BCUT2D eigenvalue weighted by molar-refractivity contribution is -0.139. The highest BCUT2D eigenvalue weighted by molar-refractivity contribution is 5.77. The van der Waals surface area contributed by atoms with Gasteiger partial charge in [-0.3, -0.25) is 4.79 Å². The molecule has 24 heavy (non-hydrogen) atoms. The number of benzene rings is 1. The third-order valence-corrected chi connectivity index (χ3v) is 4.35. The number of rotatable bonds is 4. The van der Waals surface area contributed by atoms with Crippen LogP contribution in [-0.2, 0) is 16.6 Å². The average molecular weight is 332 g/mol. The fraction of sp³-hybridized carbons (Fsp3) is 0.471. The minimum Gasteiger partial charge on any atom is -0.366 e. The first-order valence-electron chi connectivity index (χ1n) is 8.03. The molecular formula is C17H21FN4O2. The molecule has 0 unspecified atom stereocenters. The first kappa shape index (κ1) is 16.6. The Balaban J connectivity index is 1.63. The molecule has 1 saturated heterocycles. The maximum absolute atomic E-state index is 13.3. The maximum atomic E-state index is 13.3. The summed E-state index contributed by atoms with van der Waals surface area (Å²) < 4.78 is 20.9. The predicted octanol–water partition coefficient (Wildman–Crippen LogP) is 2.05. The topological polar surface area (TPSA) is 60.3 Å². The van der Waals surface area contributed by atoms with Crippen molar-refractivity contribution in [3.8, 4) is 0 Å². The van der Waals surface area contributed by atoms with Gasteiger partial charge in [-0.25, -0.2) is 4.39 Å². The van der Waals surface area contributed by atoms with Gasteiger partial charge in [0.05, 0.1) is 13.2 Å². The Morgan fingerprint density at radius 1 is 1.50 bits per heavy atom. The Morgan fingerprint density at radius 3 is 3.04 bits per heavy atom. The Hall–Kier alpha value is -2.28. The molecule has 0 saturated carbocycles. The fourth-order valence-corrected chi connectivity index (χ4v) is 2.94. The van der Waals surface area contributed by atoms with Gasteiger partial charge in [-0.15, -0.1) is 10.2 Å². The summed E-state index contributed by atoms with van der Waals surface area (Å²) in [5.41, 5.74) is 0.835. The lowest BCUT2D eigenvalue weighted by Crippen LogP contribution is -2.43. The molecule has 0 N–H and O–H groups in total. The molecule has 3 rings (SSSR count). The van der Waals surface area contributed by atoms with E-state index in [0.29, 0.717) is 31.9 Å². The van der Waals surface area contributed by atoms with Gasteiger partial charge in [0, 0.05) is 20.0 Å². The van der Waals surface area contributed by atoms with Gasteiger partial charge < -0.3 is 14.2 Å². The van der Waals surface area contributed by atoms with Crippen molar-refractivity contribution in [2.45, 2.75) is 25.4 Å². The van der Waals surface area contributed by atoms with E-state index in [-0.39, 0.29) is 23.7 Å². The minimum atomic E-state index is -0.277. The van der Waals surface area contributed by atoms with E-state index in [1.165, 1.54) is 12.1 Å². The molecule has 0 bridgehead atoms. The quantitative estimate of drug-likeness (QED) is 0.860. The third kappa shape index (κ3) is 3.62. The number of amides is 1. The van der Waals surface area contributed by atoms with Crippen LogP contribution in [-0.4, -0.2) is 45.3 Å². The van der Waals surface area contributed by atoms with Gasteiger partial charge in [-0.05, 0) is 23.6 Å². The summed E-state index contributed by atoms with van der Waals surface area (Å²) in [6, 6.07) is 6.41. The molecule has 2 heterocycles. The summed E-state index contributed by atoms with van der Waals surface area (Å²) in [5, 5.41) is 7.92. The Kier molecular flexibility index (Phi) is 4.89. The molecule has 128 valence electrons. The van der Waals surface area contributed by atoms with Gasteiger partial charge in [0.15, 0.2) is 5.82 Å². The van der Waals surface area contributed by atoms with E-state index < -0.39 is 0 Å². The molecule has 1 fully saturated rings. The van der Waals surface area contributed by atoms with Crippen LogP contribution in [0.5, 0.6) is 0 Å². The molecular weight excluding hydrogens is 311 g/mol. The average Bonchev–Trinajstić information content (AvgIpc) is 3.01. The highest BCUT2D eigenvalue weighted by Crippen LogP contribution is 2.24. The first-order chi connectivity index (χ1) is 11.5. The van der Waals surface area contributed by atoms with Gasteiger partial charge in [-0.1, -0.05) is 19.1 Å². The van der Waals surface area contributed by atoms with E-state index in [9.17, 15) is 9.18 Å². The summed E-state index contributed by atoms with van der Waals surface area (Å²) in [5.74, 6) is 0.442. The van der Waals surface area contributed by atoms with Crippen LogP contribution in [0, 0.1) is 5.82 Å². The number of halogens is 1. The number of carbonyl (C=O) groups is 1. The minimum absolute atomic E-state index is 0.0377. The number of nitrogens with zero attached hydrogens (tertiary/aromatic N) is 4. The Bertz CT molecular complexity index is 718. The molecule has 1 aliphatic rings. The molecule has 6 nitrogen and oxygen atoms in total. The number of morpholine rings is 1. The van der Waals surface area contributed by atoms with E-state index >= 15 is 0 Å². The zero-order valence-electron chi connectivity index (χ0n) is 13.9. The van der Waals surface area contributed by atoms with Crippen LogP contribution < -0.4 is 0 Å². The van der Waals surface area contributed by atoms with Crippen molar-refractivity contribution < 1.29 is 13.9 Å². The normalized spacial score (nSPS) is 19.3. The largest absolute Gasteiger partial charge is 0.366 e. The van der Waals surface area contributed by atoms with Gasteiger partial charge in [0.1, 0.15) is 18.2 Å². The van der Waals surface area contributed by atoms with Crippen LogP contribution in [0.3, 0.4) is 0 Å². The first-order valence-corrected chi connectivity index (χ1v) is 8.03. The standard InChI is InChI=1S/C17H21FN4O2/c1-12(13-4-3-5-14(18)9-13)8-16(23)22-6-7-24-15(10-22)17-20-19-11-21(17)2/h3-5,9,11-12,15H,6-8,10H2,1-2H3/t12-,15-/m0/s1. The van der Waals surface area contributed by atoms with Crippen LogP contribution in [0.2, 0.25) is 0 Å². The van der Waals surface area contributed by atoms with Crippen LogP contribution >= 0.6 is 0 Å². The molecule has 1 aromatic heterocycles. The summed E-state index contributed by atoms with van der Waals surface area (Å²) in [6.07, 6.45) is 1.69. The van der Waals surface area contributed by atoms with Crippen molar-refractivity contribution in [1.29, 1.82) is 0 Å². The molecule has 0 aliphatic carbocycles. The highest BCUT2D eigenvalue weighted by atomic mass is 19.1. The monoisotopic (exact) mass is 332 g/mol. The summed E-state index contributed by atoms with van der Waals surface area (Å²) in [4.78, 5) is 14.4. The zero-order chi connectivity index (χ0) is 17.1. The molecule has 2 aromatic rings. The predicted molar refractivity (Wildman–Crippen MR) is 85.7 cm³/mol. The van der Waals surface area contributed by atoms with Crippen molar-refractivity contribution in [2.24, 2.45) is 7.05 Å². The lowest BCUT2D eigenvalue weighted by Gasteiger charge is -2.33. The smallest absolute Gasteiger partial charge is 0.223 e. The van der Waals surface area contributed by atoms with Crippen molar-refractivity contribution >= 4 is 5.91 Å². The van der Waals surface area contributed by atoms with E-state index in [2.05, 4.69) is 10.2 Å². The number of carbonyl (C=O) groups excluding carboxylic acids is 1. The van der Waals surface area contributed by atoms with E-state index in [1.54, 1.807) is 21.9 Å². The van der Waals surface area contributed by atoms with Gasteiger partial charge in [-0.2, -0.15) is 0 Å². The van der Waals surface area contributed by atoms with E-state index in [0.717, 1.165) is 5.56 Å². The Morgan fingerprint density at radius 2 is 2.33 bits per heavy atom. The van der Waals surface area contributed by atoms with Crippen molar-refractivity contribution in [1.82, 2.24) is 19.7 Å². The fourth-order valence-electron chi connectivity index (χ4n) is 2.94. The van der Waals surface area contributed by atoms with Crippen molar-refractivity contribution in [3.05, 3.63) is 47.8 Å². The number of hydrogen-bond acceptors (Lipinski definition) is 4. The van der Waals surface area contributed by atoms with Gasteiger partial charge in [0.2, 0.25) is 5.91 Å². The van der Waals surface area contributed by atoms with Gasteiger partial charge in [0.25, 0.3) is 0 Å². The lowest BCUT2D eigenvalue weighted by atomic mass is 9.97. The SMILES string of the molecule is C[C@@H](CC(=O)N1CCO[C@H](c2nncn2C)C1)c1cccc(F)c1. The van der Waals surface area contributed by atoms with E-state index in [1.807, 2.05) is 20.0 Å². The number of ether oxygens (including phenoxy) is 1. The van der Waals surface area contributed by atoms with Crippen LogP contribution in [0.1, 0.15) is 36.8 Å². The Labute approximate surface area is 140 Å². The third-order valence-electron chi connectivity index (χ3n) is 4.35. The van der Waals surface area contributed by atoms with Gasteiger partial charge >= 0.3 is 0 Å². The second-order valence-electron chi connectivity index (χ2n) is 6.16. The highest BCUT2D eigenvalue weighted by Gasteiger charge is 2.28. The van der Waals surface area contributed by atoms with Crippen molar-refractivity contribution in [2.75, 3.05) is 19.7 Å². The molecule has 2 atom stereocenters. The maximum Gasteiger partial charge on any atom is 0.223 e. The molecule has 1 aromatic carbocycles. The van der Waals surface area contributed by atoms with Crippen LogP contribution in [0.4, 0.5) is 4.39 Å². The second kappa shape index (κ2) is 7.09. The number of hydrogen-bond donors (Lipinski definition) is 0. The molecule has 1 aliphatic heterocycles. The summed E-state index contributed by atoms with van der Waals surface area (Å²) >= 11 is 0. The number of aryl methyl sites for hydroxylation is 1. The molecule has 7 heteroatoms. The summed E-state index contributed by atoms with van der Waals surface area (Å²) in [7, 11) is 1.85. The second-order valence-corrected chi connectivity index (χ2v) is 6.16.